The van der Waals surface area contributed by atoms with Gasteiger partial charge in [0.15, 0.2) is 0 Å². The van der Waals surface area contributed by atoms with Gasteiger partial charge in [0, 0.05) is 18.3 Å². The van der Waals surface area contributed by atoms with Gasteiger partial charge in [0.1, 0.15) is 12.4 Å². The van der Waals surface area contributed by atoms with Gasteiger partial charge in [-0.05, 0) is 0 Å². The van der Waals surface area contributed by atoms with Gasteiger partial charge in [-0.3, -0.25) is 4.79 Å². The second kappa shape index (κ2) is 7.58. The SMILES string of the molecule is CC(C)C#CCOCCC(=O)C(C)C. The van der Waals surface area contributed by atoms with Crippen molar-refractivity contribution in [3.63, 3.8) is 0 Å². The first kappa shape index (κ1) is 13.2. The molecule has 0 N–H and O–H groups in total. The molecule has 0 bridgehead atoms. The second-order valence-corrected chi connectivity index (χ2v) is 3.90. The van der Waals surface area contributed by atoms with Gasteiger partial charge in [-0.25, -0.2) is 0 Å². The predicted octanol–water partition coefficient (Wildman–Crippen LogP) is 2.28. The molecule has 0 aromatic heterocycles. The average molecular weight is 196 g/mol. The maximum atomic E-state index is 11.2. The maximum Gasteiger partial charge on any atom is 0.137 e. The van der Waals surface area contributed by atoms with E-state index in [9.17, 15) is 4.79 Å². The van der Waals surface area contributed by atoms with Crippen LogP contribution in [0.15, 0.2) is 0 Å². The summed E-state index contributed by atoms with van der Waals surface area (Å²) in [5, 5.41) is 0. The van der Waals surface area contributed by atoms with E-state index in [0.717, 1.165) is 0 Å². The zero-order valence-corrected chi connectivity index (χ0v) is 9.59. The van der Waals surface area contributed by atoms with E-state index < -0.39 is 0 Å². The molecule has 0 fully saturated rings. The predicted molar refractivity (Wildman–Crippen MR) is 57.9 cm³/mol. The van der Waals surface area contributed by atoms with Crippen molar-refractivity contribution in [3.8, 4) is 11.8 Å². The van der Waals surface area contributed by atoms with Crippen molar-refractivity contribution in [2.24, 2.45) is 11.8 Å². The highest BCUT2D eigenvalue weighted by Gasteiger charge is 2.05. The van der Waals surface area contributed by atoms with Crippen molar-refractivity contribution in [1.29, 1.82) is 0 Å². The van der Waals surface area contributed by atoms with Gasteiger partial charge in [-0.1, -0.05) is 39.5 Å². The maximum absolute atomic E-state index is 11.2. The van der Waals surface area contributed by atoms with E-state index in [1.54, 1.807) is 0 Å². The minimum absolute atomic E-state index is 0.111. The summed E-state index contributed by atoms with van der Waals surface area (Å²) in [6, 6.07) is 0. The number of hydrogen-bond acceptors (Lipinski definition) is 2. The van der Waals surface area contributed by atoms with Crippen molar-refractivity contribution < 1.29 is 9.53 Å². The molecule has 0 rings (SSSR count). The van der Waals surface area contributed by atoms with Crippen LogP contribution in [-0.4, -0.2) is 19.0 Å². The van der Waals surface area contributed by atoms with Crippen LogP contribution in [0.4, 0.5) is 0 Å². The van der Waals surface area contributed by atoms with E-state index >= 15 is 0 Å². The molecule has 0 heterocycles. The number of hydrogen-bond donors (Lipinski definition) is 0. The Morgan fingerprint density at radius 2 is 1.93 bits per heavy atom. The van der Waals surface area contributed by atoms with E-state index in [1.807, 2.05) is 27.7 Å². The molecule has 80 valence electrons. The molecule has 14 heavy (non-hydrogen) atoms. The summed E-state index contributed by atoms with van der Waals surface area (Å²) in [6.07, 6.45) is 0.501. The Morgan fingerprint density at radius 3 is 2.43 bits per heavy atom. The number of carbonyl (C=O) groups is 1. The van der Waals surface area contributed by atoms with E-state index in [-0.39, 0.29) is 11.7 Å². The number of ketones is 1. The molecule has 0 saturated carbocycles. The first-order valence-corrected chi connectivity index (χ1v) is 5.13. The fourth-order valence-corrected chi connectivity index (χ4v) is 0.830. The van der Waals surface area contributed by atoms with Gasteiger partial charge in [-0.2, -0.15) is 0 Å². The molecule has 0 saturated heterocycles. The molecule has 0 atom stereocenters. The minimum atomic E-state index is 0.111. The van der Waals surface area contributed by atoms with Gasteiger partial charge in [-0.15, -0.1) is 0 Å². The van der Waals surface area contributed by atoms with E-state index in [0.29, 0.717) is 25.6 Å². The van der Waals surface area contributed by atoms with Crippen LogP contribution in [0.25, 0.3) is 0 Å². The van der Waals surface area contributed by atoms with Gasteiger partial charge < -0.3 is 4.74 Å². The van der Waals surface area contributed by atoms with E-state index in [2.05, 4.69) is 11.8 Å². The Labute approximate surface area is 87.0 Å². The van der Waals surface area contributed by atoms with Crippen molar-refractivity contribution in [3.05, 3.63) is 0 Å². The first-order valence-electron chi connectivity index (χ1n) is 5.13. The molecule has 0 unspecified atom stereocenters. The zero-order chi connectivity index (χ0) is 11.0. The van der Waals surface area contributed by atoms with Crippen LogP contribution in [0, 0.1) is 23.7 Å². The summed E-state index contributed by atoms with van der Waals surface area (Å²) in [7, 11) is 0. The van der Waals surface area contributed by atoms with Crippen LogP contribution in [0.2, 0.25) is 0 Å². The highest BCUT2D eigenvalue weighted by atomic mass is 16.5. The lowest BCUT2D eigenvalue weighted by Gasteiger charge is -2.02. The Kier molecular flexibility index (Phi) is 7.14. The second-order valence-electron chi connectivity index (χ2n) is 3.90. The van der Waals surface area contributed by atoms with Crippen LogP contribution in [0.1, 0.15) is 34.1 Å². The first-order chi connectivity index (χ1) is 6.54. The topological polar surface area (TPSA) is 26.3 Å². The van der Waals surface area contributed by atoms with Crippen LogP contribution < -0.4 is 0 Å². The Hall–Kier alpha value is -0.810. The number of ether oxygens (including phenoxy) is 1. The van der Waals surface area contributed by atoms with E-state index in [1.165, 1.54) is 0 Å². The molecule has 0 aromatic carbocycles. The summed E-state index contributed by atoms with van der Waals surface area (Å²) in [5.41, 5.74) is 0. The van der Waals surface area contributed by atoms with Crippen LogP contribution in [0.3, 0.4) is 0 Å². The van der Waals surface area contributed by atoms with Gasteiger partial charge in [0.25, 0.3) is 0 Å². The zero-order valence-electron chi connectivity index (χ0n) is 9.59. The van der Waals surface area contributed by atoms with Crippen LogP contribution in [-0.2, 0) is 9.53 Å². The number of carbonyl (C=O) groups excluding carboxylic acids is 1. The third-order valence-electron chi connectivity index (χ3n) is 1.70. The van der Waals surface area contributed by atoms with Crippen molar-refractivity contribution in [1.82, 2.24) is 0 Å². The van der Waals surface area contributed by atoms with Gasteiger partial charge in [0.05, 0.1) is 6.61 Å². The smallest absolute Gasteiger partial charge is 0.137 e. The molecule has 0 radical (unpaired) electrons. The quantitative estimate of drug-likeness (QED) is 0.498. The number of rotatable bonds is 5. The Morgan fingerprint density at radius 1 is 1.29 bits per heavy atom. The molecule has 0 aromatic rings. The monoisotopic (exact) mass is 196 g/mol. The summed E-state index contributed by atoms with van der Waals surface area (Å²) < 4.78 is 5.21. The number of Topliss-reactive ketones (excluding diaryl/α,β-unsaturated/α-hetero) is 1. The highest BCUT2D eigenvalue weighted by Crippen LogP contribution is 1.98. The summed E-state index contributed by atoms with van der Waals surface area (Å²) in [6.45, 7) is 8.81. The molecule has 2 nitrogen and oxygen atoms in total. The summed E-state index contributed by atoms with van der Waals surface area (Å²) >= 11 is 0. The molecule has 0 aliphatic heterocycles. The standard InChI is InChI=1S/C12H20O2/c1-10(2)6-5-8-14-9-7-12(13)11(3)4/h10-11H,7-9H2,1-4H3. The average Bonchev–Trinajstić information content (AvgIpc) is 2.09. The fourth-order valence-electron chi connectivity index (χ4n) is 0.830. The van der Waals surface area contributed by atoms with Crippen LogP contribution in [0.5, 0.6) is 0 Å². The normalized spacial score (nSPS) is 10.1. The van der Waals surface area contributed by atoms with Crippen molar-refractivity contribution in [2.75, 3.05) is 13.2 Å². The Balaban J connectivity index is 3.40. The molecule has 0 amide bonds. The molecular weight excluding hydrogens is 176 g/mol. The van der Waals surface area contributed by atoms with Gasteiger partial charge >= 0.3 is 0 Å². The lowest BCUT2D eigenvalue weighted by atomic mass is 10.1. The third-order valence-corrected chi connectivity index (χ3v) is 1.70. The molecule has 0 aliphatic rings. The molecular formula is C12H20O2. The molecule has 0 spiro atoms. The van der Waals surface area contributed by atoms with Gasteiger partial charge in [0.2, 0.25) is 0 Å². The van der Waals surface area contributed by atoms with Crippen molar-refractivity contribution >= 4 is 5.78 Å². The summed E-state index contributed by atoms with van der Waals surface area (Å²) in [5.74, 6) is 6.65. The molecule has 0 aliphatic carbocycles. The van der Waals surface area contributed by atoms with Crippen molar-refractivity contribution in [2.45, 2.75) is 34.1 Å². The minimum Gasteiger partial charge on any atom is -0.368 e. The summed E-state index contributed by atoms with van der Waals surface area (Å²) in [4.78, 5) is 11.2. The Bertz CT molecular complexity index is 218. The largest absolute Gasteiger partial charge is 0.368 e. The highest BCUT2D eigenvalue weighted by molar-refractivity contribution is 5.80. The lowest BCUT2D eigenvalue weighted by molar-refractivity contribution is -0.122. The van der Waals surface area contributed by atoms with E-state index in [4.69, 9.17) is 4.74 Å². The fraction of sp³-hybridized carbons (Fsp3) is 0.750. The molecule has 2 heteroatoms. The van der Waals surface area contributed by atoms with Crippen LogP contribution >= 0.6 is 0 Å². The lowest BCUT2D eigenvalue weighted by Crippen LogP contribution is -2.10. The third kappa shape index (κ3) is 7.82.